The second kappa shape index (κ2) is 10.9. The van der Waals surface area contributed by atoms with E-state index in [1.54, 1.807) is 24.0 Å². The topological polar surface area (TPSA) is 49.4 Å². The number of benzene rings is 2. The summed E-state index contributed by atoms with van der Waals surface area (Å²) in [7, 11) is 0. The summed E-state index contributed by atoms with van der Waals surface area (Å²) in [6, 6.07) is 14.6. The molecule has 150 valence electrons. The minimum Gasteiger partial charge on any atom is -0.352 e. The highest BCUT2D eigenvalue weighted by Crippen LogP contribution is 2.22. The van der Waals surface area contributed by atoms with E-state index in [2.05, 4.69) is 21.2 Å². The largest absolute Gasteiger partial charge is 0.352 e. The van der Waals surface area contributed by atoms with Crippen molar-refractivity contribution in [3.05, 3.63) is 63.6 Å². The van der Waals surface area contributed by atoms with E-state index in [0.717, 1.165) is 14.9 Å². The van der Waals surface area contributed by atoms with Crippen molar-refractivity contribution in [3.63, 3.8) is 0 Å². The first-order chi connectivity index (χ1) is 13.3. The fourth-order valence-electron chi connectivity index (χ4n) is 2.53. The van der Waals surface area contributed by atoms with Gasteiger partial charge in [-0.3, -0.25) is 9.59 Å². The van der Waals surface area contributed by atoms with Gasteiger partial charge in [-0.05, 0) is 62.7 Å². The van der Waals surface area contributed by atoms with Gasteiger partial charge in [-0.2, -0.15) is 0 Å². The molecule has 0 aromatic heterocycles. The Morgan fingerprint density at radius 2 is 1.68 bits per heavy atom. The van der Waals surface area contributed by atoms with Crippen LogP contribution >= 0.6 is 39.3 Å². The van der Waals surface area contributed by atoms with E-state index < -0.39 is 6.04 Å². The predicted octanol–water partition coefficient (Wildman–Crippen LogP) is 5.14. The molecule has 2 amide bonds. The fraction of sp³-hybridized carbons (Fsp3) is 0.333. The van der Waals surface area contributed by atoms with Crippen LogP contribution in [0.3, 0.4) is 0 Å². The van der Waals surface area contributed by atoms with Crippen molar-refractivity contribution in [3.8, 4) is 0 Å². The average Bonchev–Trinajstić information content (AvgIpc) is 2.65. The molecule has 4 nitrogen and oxygen atoms in total. The third kappa shape index (κ3) is 7.15. The summed E-state index contributed by atoms with van der Waals surface area (Å²) in [4.78, 5) is 28.1. The average molecular weight is 484 g/mol. The molecule has 2 aromatic rings. The van der Waals surface area contributed by atoms with Gasteiger partial charge < -0.3 is 10.2 Å². The molecule has 0 aliphatic rings. The Kier molecular flexibility index (Phi) is 8.86. The maximum atomic E-state index is 13.0. The Morgan fingerprint density at radius 1 is 1.07 bits per heavy atom. The zero-order valence-electron chi connectivity index (χ0n) is 16.1. The molecular weight excluding hydrogens is 460 g/mol. The number of nitrogens with zero attached hydrogens (tertiary/aromatic N) is 1. The molecule has 0 radical (unpaired) electrons. The maximum absolute atomic E-state index is 13.0. The predicted molar refractivity (Wildman–Crippen MR) is 120 cm³/mol. The normalized spacial score (nSPS) is 11.9. The van der Waals surface area contributed by atoms with Gasteiger partial charge >= 0.3 is 0 Å². The van der Waals surface area contributed by atoms with Crippen LogP contribution in [0.5, 0.6) is 0 Å². The molecule has 0 aliphatic carbocycles. The third-order valence-corrected chi connectivity index (χ3v) is 5.82. The van der Waals surface area contributed by atoms with Crippen LogP contribution in [0, 0.1) is 0 Å². The maximum Gasteiger partial charge on any atom is 0.242 e. The monoisotopic (exact) mass is 482 g/mol. The summed E-state index contributed by atoms with van der Waals surface area (Å²) in [5.74, 6) is 0.00325. The van der Waals surface area contributed by atoms with Crippen molar-refractivity contribution >= 4 is 51.1 Å². The molecule has 0 unspecified atom stereocenters. The number of rotatable bonds is 8. The number of hydrogen-bond donors (Lipinski definition) is 1. The summed E-state index contributed by atoms with van der Waals surface area (Å²) >= 11 is 10.8. The first-order valence-electron chi connectivity index (χ1n) is 8.99. The van der Waals surface area contributed by atoms with Crippen molar-refractivity contribution in [1.82, 2.24) is 10.2 Å². The highest BCUT2D eigenvalue weighted by Gasteiger charge is 2.26. The van der Waals surface area contributed by atoms with Gasteiger partial charge in [0.05, 0.1) is 5.75 Å². The van der Waals surface area contributed by atoms with Crippen LogP contribution in [0.25, 0.3) is 0 Å². The van der Waals surface area contributed by atoms with Crippen LogP contribution < -0.4 is 5.32 Å². The van der Waals surface area contributed by atoms with Crippen molar-refractivity contribution in [1.29, 1.82) is 0 Å². The summed E-state index contributed by atoms with van der Waals surface area (Å²) < 4.78 is 0.970. The van der Waals surface area contributed by atoms with E-state index in [-0.39, 0.29) is 23.6 Å². The molecule has 28 heavy (non-hydrogen) atoms. The Labute approximate surface area is 184 Å². The van der Waals surface area contributed by atoms with Crippen molar-refractivity contribution in [2.24, 2.45) is 0 Å². The number of amides is 2. The fourth-order valence-corrected chi connectivity index (χ4v) is 3.71. The van der Waals surface area contributed by atoms with Crippen LogP contribution in [0.15, 0.2) is 57.9 Å². The van der Waals surface area contributed by atoms with Gasteiger partial charge in [0.2, 0.25) is 11.8 Å². The molecule has 0 bridgehead atoms. The van der Waals surface area contributed by atoms with Gasteiger partial charge in [0.1, 0.15) is 6.04 Å². The molecule has 0 aliphatic heterocycles. The van der Waals surface area contributed by atoms with E-state index in [9.17, 15) is 9.59 Å². The van der Waals surface area contributed by atoms with Crippen molar-refractivity contribution < 1.29 is 9.59 Å². The molecular formula is C21H24BrClN2O2S. The Morgan fingerprint density at radius 3 is 2.25 bits per heavy atom. The smallest absolute Gasteiger partial charge is 0.242 e. The van der Waals surface area contributed by atoms with Gasteiger partial charge in [0.15, 0.2) is 0 Å². The molecule has 0 saturated heterocycles. The zero-order chi connectivity index (χ0) is 20.7. The van der Waals surface area contributed by atoms with Gasteiger partial charge in [-0.15, -0.1) is 11.8 Å². The zero-order valence-corrected chi connectivity index (χ0v) is 19.3. The Balaban J connectivity index is 2.12. The number of carbonyl (C=O) groups excluding carboxylic acids is 2. The standard InChI is InChI=1S/C21H24BrClN2O2S/c1-14(2)24-21(27)15(3)25(12-16-4-6-17(22)7-5-16)20(26)13-28-19-10-8-18(23)9-11-19/h4-11,14-15H,12-13H2,1-3H3,(H,24,27)/t15-/m1/s1. The second-order valence-electron chi connectivity index (χ2n) is 6.73. The quantitative estimate of drug-likeness (QED) is 0.529. The van der Waals surface area contributed by atoms with Crippen LogP contribution in [-0.4, -0.2) is 34.6 Å². The third-order valence-electron chi connectivity index (χ3n) is 4.04. The van der Waals surface area contributed by atoms with Crippen molar-refractivity contribution in [2.75, 3.05) is 5.75 Å². The number of hydrogen-bond acceptors (Lipinski definition) is 3. The summed E-state index contributed by atoms with van der Waals surface area (Å²) in [6.07, 6.45) is 0. The number of halogens is 2. The summed E-state index contributed by atoms with van der Waals surface area (Å²) in [5, 5.41) is 3.55. The molecule has 1 atom stereocenters. The Bertz CT molecular complexity index is 797. The molecule has 0 fully saturated rings. The van der Waals surface area contributed by atoms with Gasteiger partial charge in [-0.1, -0.05) is 39.7 Å². The molecule has 0 saturated carbocycles. The highest BCUT2D eigenvalue weighted by atomic mass is 79.9. The van der Waals surface area contributed by atoms with Crippen LogP contribution in [0.4, 0.5) is 0 Å². The Hall–Kier alpha value is -1.50. The molecule has 0 heterocycles. The van der Waals surface area contributed by atoms with Crippen LogP contribution in [0.2, 0.25) is 5.02 Å². The summed E-state index contributed by atoms with van der Waals surface area (Å²) in [6.45, 7) is 5.95. The minimum absolute atomic E-state index is 0.0167. The molecule has 7 heteroatoms. The second-order valence-corrected chi connectivity index (χ2v) is 9.13. The van der Waals surface area contributed by atoms with E-state index >= 15 is 0 Å². The SMILES string of the molecule is CC(C)NC(=O)[C@@H](C)N(Cc1ccc(Br)cc1)C(=O)CSc1ccc(Cl)cc1. The minimum atomic E-state index is -0.565. The number of thioether (sulfide) groups is 1. The lowest BCUT2D eigenvalue weighted by Crippen LogP contribution is -2.49. The van der Waals surface area contributed by atoms with Crippen molar-refractivity contribution in [2.45, 2.75) is 44.3 Å². The molecule has 2 aromatic carbocycles. The van der Waals surface area contributed by atoms with E-state index in [4.69, 9.17) is 11.6 Å². The van der Waals surface area contributed by atoms with Gasteiger partial charge in [0.25, 0.3) is 0 Å². The molecule has 2 rings (SSSR count). The highest BCUT2D eigenvalue weighted by molar-refractivity contribution is 9.10. The van der Waals surface area contributed by atoms with E-state index in [0.29, 0.717) is 11.6 Å². The first kappa shape index (κ1) is 22.8. The van der Waals surface area contributed by atoms with E-state index in [1.807, 2.05) is 50.2 Å². The molecule has 0 spiro atoms. The lowest BCUT2D eigenvalue weighted by atomic mass is 10.1. The summed E-state index contributed by atoms with van der Waals surface area (Å²) in [5.41, 5.74) is 0.970. The van der Waals surface area contributed by atoms with Crippen LogP contribution in [0.1, 0.15) is 26.3 Å². The first-order valence-corrected chi connectivity index (χ1v) is 11.1. The number of nitrogens with one attached hydrogen (secondary N) is 1. The van der Waals surface area contributed by atoms with Gasteiger partial charge in [-0.25, -0.2) is 0 Å². The van der Waals surface area contributed by atoms with Crippen LogP contribution in [-0.2, 0) is 16.1 Å². The van der Waals surface area contributed by atoms with Gasteiger partial charge in [0, 0.05) is 27.0 Å². The van der Waals surface area contributed by atoms with E-state index in [1.165, 1.54) is 11.8 Å². The molecule has 1 N–H and O–H groups in total. The number of carbonyl (C=O) groups is 2. The lowest BCUT2D eigenvalue weighted by molar-refractivity contribution is -0.138. The lowest BCUT2D eigenvalue weighted by Gasteiger charge is -2.29.